The Morgan fingerprint density at radius 1 is 1.62 bits per heavy atom. The lowest BCUT2D eigenvalue weighted by atomic mass is 10.2. The van der Waals surface area contributed by atoms with Crippen molar-refractivity contribution in [3.8, 4) is 0 Å². The molecule has 0 unspecified atom stereocenters. The largest absolute Gasteiger partial charge is 0.350 e. The van der Waals surface area contributed by atoms with Crippen LogP contribution in [-0.4, -0.2) is 36.4 Å². The second-order valence-electron chi connectivity index (χ2n) is 3.71. The number of aromatic nitrogens is 1. The summed E-state index contributed by atoms with van der Waals surface area (Å²) in [6.45, 7) is 3.65. The third-order valence-corrected chi connectivity index (χ3v) is 3.01. The number of carbonyl (C=O) groups excluding carboxylic acids is 1. The molecule has 1 aliphatic heterocycles. The van der Waals surface area contributed by atoms with E-state index in [1.165, 1.54) is 11.3 Å². The van der Waals surface area contributed by atoms with Crippen molar-refractivity contribution in [2.45, 2.75) is 19.1 Å². The number of amides is 1. The molecule has 0 spiro atoms. The molecule has 88 valence electrons. The van der Waals surface area contributed by atoms with Gasteiger partial charge in [0.05, 0.1) is 18.7 Å². The summed E-state index contributed by atoms with van der Waals surface area (Å²) in [7, 11) is 0. The minimum absolute atomic E-state index is 0.150. The molecule has 0 aliphatic carbocycles. The molecule has 0 bridgehead atoms. The molecule has 5 nitrogen and oxygen atoms in total. The van der Waals surface area contributed by atoms with Crippen LogP contribution in [0.2, 0.25) is 0 Å². The third kappa shape index (κ3) is 2.78. The lowest BCUT2D eigenvalue weighted by Gasteiger charge is -2.21. The minimum atomic E-state index is -0.546. The van der Waals surface area contributed by atoms with Crippen LogP contribution in [0.5, 0.6) is 0 Å². The molecule has 0 atom stereocenters. The van der Waals surface area contributed by atoms with Gasteiger partial charge in [0, 0.05) is 18.3 Å². The number of ether oxygens (including phenoxy) is 2. The van der Waals surface area contributed by atoms with Crippen LogP contribution in [0.3, 0.4) is 0 Å². The average molecular weight is 242 g/mol. The first-order valence-corrected chi connectivity index (χ1v) is 6.08. The van der Waals surface area contributed by atoms with Crippen molar-refractivity contribution in [1.29, 1.82) is 0 Å². The predicted molar refractivity (Wildman–Crippen MR) is 59.4 cm³/mol. The van der Waals surface area contributed by atoms with Crippen LogP contribution in [0.1, 0.15) is 23.8 Å². The molecule has 0 aromatic carbocycles. The molecule has 1 aliphatic rings. The number of rotatable bonds is 4. The molecular weight excluding hydrogens is 228 g/mol. The van der Waals surface area contributed by atoms with Crippen molar-refractivity contribution in [1.82, 2.24) is 10.3 Å². The van der Waals surface area contributed by atoms with E-state index in [4.69, 9.17) is 9.47 Å². The Morgan fingerprint density at radius 3 is 3.00 bits per heavy atom. The highest BCUT2D eigenvalue weighted by atomic mass is 32.1. The van der Waals surface area contributed by atoms with Gasteiger partial charge in [-0.1, -0.05) is 0 Å². The van der Waals surface area contributed by atoms with Crippen LogP contribution in [-0.2, 0) is 9.47 Å². The lowest BCUT2D eigenvalue weighted by molar-refractivity contribution is -0.145. The highest BCUT2D eigenvalue weighted by Crippen LogP contribution is 2.21. The lowest BCUT2D eigenvalue weighted by Crippen LogP contribution is -2.33. The van der Waals surface area contributed by atoms with E-state index >= 15 is 0 Å². The van der Waals surface area contributed by atoms with Gasteiger partial charge in [0.2, 0.25) is 0 Å². The van der Waals surface area contributed by atoms with E-state index in [2.05, 4.69) is 10.3 Å². The summed E-state index contributed by atoms with van der Waals surface area (Å²) in [6.07, 6.45) is 0.642. The SMILES string of the molecule is CC1(CCNC(=O)c2cscn2)OCCO1. The molecule has 1 N–H and O–H groups in total. The second-order valence-corrected chi connectivity index (χ2v) is 4.43. The number of carbonyl (C=O) groups is 1. The number of nitrogens with one attached hydrogen (secondary N) is 1. The molecule has 0 saturated carbocycles. The first kappa shape index (κ1) is 11.5. The zero-order chi connectivity index (χ0) is 11.4. The third-order valence-electron chi connectivity index (χ3n) is 2.43. The Morgan fingerprint density at radius 2 is 2.38 bits per heavy atom. The minimum Gasteiger partial charge on any atom is -0.350 e. The van der Waals surface area contributed by atoms with Gasteiger partial charge in [-0.2, -0.15) is 0 Å². The zero-order valence-corrected chi connectivity index (χ0v) is 9.88. The molecule has 2 heterocycles. The van der Waals surface area contributed by atoms with Crippen LogP contribution in [0.25, 0.3) is 0 Å². The summed E-state index contributed by atoms with van der Waals surface area (Å²) in [5.74, 6) is -0.696. The fourth-order valence-electron chi connectivity index (χ4n) is 1.52. The van der Waals surface area contributed by atoms with E-state index in [0.29, 0.717) is 31.9 Å². The highest BCUT2D eigenvalue weighted by Gasteiger charge is 2.30. The van der Waals surface area contributed by atoms with Crippen LogP contribution < -0.4 is 5.32 Å². The maximum absolute atomic E-state index is 11.5. The van der Waals surface area contributed by atoms with Crippen LogP contribution >= 0.6 is 11.3 Å². The van der Waals surface area contributed by atoms with Crippen molar-refractivity contribution in [2.75, 3.05) is 19.8 Å². The van der Waals surface area contributed by atoms with Crippen molar-refractivity contribution >= 4 is 17.2 Å². The fourth-order valence-corrected chi connectivity index (χ4v) is 2.05. The zero-order valence-electron chi connectivity index (χ0n) is 9.06. The summed E-state index contributed by atoms with van der Waals surface area (Å²) < 4.78 is 10.9. The summed E-state index contributed by atoms with van der Waals surface area (Å²) in [4.78, 5) is 15.5. The monoisotopic (exact) mass is 242 g/mol. The van der Waals surface area contributed by atoms with Crippen molar-refractivity contribution in [3.05, 3.63) is 16.6 Å². The second kappa shape index (κ2) is 4.90. The van der Waals surface area contributed by atoms with E-state index < -0.39 is 5.79 Å². The van der Waals surface area contributed by atoms with Crippen LogP contribution in [0.15, 0.2) is 10.9 Å². The van der Waals surface area contributed by atoms with Gasteiger partial charge in [0.15, 0.2) is 5.79 Å². The van der Waals surface area contributed by atoms with E-state index in [0.717, 1.165) is 0 Å². The van der Waals surface area contributed by atoms with Gasteiger partial charge in [-0.15, -0.1) is 11.3 Å². The van der Waals surface area contributed by atoms with Gasteiger partial charge in [-0.05, 0) is 6.92 Å². The quantitative estimate of drug-likeness (QED) is 0.856. The Labute approximate surface area is 97.8 Å². The van der Waals surface area contributed by atoms with Gasteiger partial charge < -0.3 is 14.8 Å². The average Bonchev–Trinajstić information content (AvgIpc) is 2.88. The number of nitrogens with zero attached hydrogens (tertiary/aromatic N) is 1. The highest BCUT2D eigenvalue weighted by molar-refractivity contribution is 7.07. The van der Waals surface area contributed by atoms with Gasteiger partial charge in [-0.3, -0.25) is 4.79 Å². The van der Waals surface area contributed by atoms with Crippen molar-refractivity contribution in [2.24, 2.45) is 0 Å². The van der Waals surface area contributed by atoms with E-state index in [-0.39, 0.29) is 5.91 Å². The van der Waals surface area contributed by atoms with Gasteiger partial charge in [-0.25, -0.2) is 4.98 Å². The van der Waals surface area contributed by atoms with Crippen molar-refractivity contribution < 1.29 is 14.3 Å². The van der Waals surface area contributed by atoms with E-state index in [9.17, 15) is 4.79 Å². The van der Waals surface area contributed by atoms with E-state index in [1.807, 2.05) is 6.92 Å². The summed E-state index contributed by atoms with van der Waals surface area (Å²) in [5, 5.41) is 4.50. The number of hydrogen-bond acceptors (Lipinski definition) is 5. The smallest absolute Gasteiger partial charge is 0.270 e. The van der Waals surface area contributed by atoms with Gasteiger partial charge in [0.1, 0.15) is 5.69 Å². The molecule has 1 saturated heterocycles. The fraction of sp³-hybridized carbons (Fsp3) is 0.600. The Kier molecular flexibility index (Phi) is 3.52. The summed E-state index contributed by atoms with van der Waals surface area (Å²) >= 11 is 1.40. The molecule has 6 heteroatoms. The molecule has 2 rings (SSSR count). The Balaban J connectivity index is 1.74. The molecule has 1 aromatic heterocycles. The van der Waals surface area contributed by atoms with E-state index in [1.54, 1.807) is 10.9 Å². The predicted octanol–water partition coefficient (Wildman–Crippen LogP) is 1.03. The molecular formula is C10H14N2O3S. The maximum atomic E-state index is 11.5. The standard InChI is InChI=1S/C10H14N2O3S/c1-10(14-4-5-15-10)2-3-11-9(13)8-6-16-7-12-8/h6-7H,2-5H2,1H3,(H,11,13). The molecule has 0 radical (unpaired) electrons. The summed E-state index contributed by atoms with van der Waals surface area (Å²) in [5.41, 5.74) is 2.10. The normalized spacial score (nSPS) is 18.6. The topological polar surface area (TPSA) is 60.5 Å². The molecule has 1 amide bonds. The molecule has 1 fully saturated rings. The number of hydrogen-bond donors (Lipinski definition) is 1. The molecule has 1 aromatic rings. The van der Waals surface area contributed by atoms with Crippen molar-refractivity contribution in [3.63, 3.8) is 0 Å². The Bertz CT molecular complexity index is 347. The van der Waals surface area contributed by atoms with Crippen LogP contribution in [0.4, 0.5) is 0 Å². The van der Waals surface area contributed by atoms with Gasteiger partial charge in [0.25, 0.3) is 5.91 Å². The first-order valence-electron chi connectivity index (χ1n) is 5.14. The summed E-state index contributed by atoms with van der Waals surface area (Å²) in [6, 6.07) is 0. The number of thiazole rings is 1. The van der Waals surface area contributed by atoms with Gasteiger partial charge >= 0.3 is 0 Å². The maximum Gasteiger partial charge on any atom is 0.270 e. The van der Waals surface area contributed by atoms with Crippen LogP contribution in [0, 0.1) is 0 Å². The Hall–Kier alpha value is -0.980. The first-order chi connectivity index (χ1) is 7.70. The molecule has 16 heavy (non-hydrogen) atoms.